The van der Waals surface area contributed by atoms with Crippen LogP contribution in [0.25, 0.3) is 10.2 Å². The van der Waals surface area contributed by atoms with E-state index < -0.39 is 10.0 Å². The molecule has 0 atom stereocenters. The molecule has 1 N–H and O–H groups in total. The molecule has 0 bridgehead atoms. The van der Waals surface area contributed by atoms with Crippen molar-refractivity contribution in [3.63, 3.8) is 0 Å². The lowest BCUT2D eigenvalue weighted by atomic mass is 10.0. The van der Waals surface area contributed by atoms with Crippen LogP contribution in [-0.2, 0) is 10.0 Å². The predicted molar refractivity (Wildman–Crippen MR) is 143 cm³/mol. The lowest BCUT2D eigenvalue weighted by Gasteiger charge is -2.29. The average Bonchev–Trinajstić information content (AvgIpc) is 3.25. The number of thiazole rings is 1. The van der Waals surface area contributed by atoms with Gasteiger partial charge in [-0.05, 0) is 58.0 Å². The van der Waals surface area contributed by atoms with Crippen molar-refractivity contribution in [3.8, 4) is 0 Å². The number of hydrogen-bond acceptors (Lipinski definition) is 6. The number of anilines is 1. The fraction of sp³-hybridized carbons (Fsp3) is 0.222. The molecule has 36 heavy (non-hydrogen) atoms. The van der Waals surface area contributed by atoms with Crippen LogP contribution in [0.2, 0.25) is 0 Å². The molecule has 0 aliphatic heterocycles. The van der Waals surface area contributed by atoms with Gasteiger partial charge in [0.25, 0.3) is 5.91 Å². The highest BCUT2D eigenvalue weighted by molar-refractivity contribution is 7.89. The molecular formula is C27H27N3O4S2. The first-order chi connectivity index (χ1) is 17.1. The topological polar surface area (TPSA) is 96.4 Å². The molecule has 0 fully saturated rings. The van der Waals surface area contributed by atoms with Gasteiger partial charge >= 0.3 is 0 Å². The summed E-state index contributed by atoms with van der Waals surface area (Å²) in [6.07, 6.45) is 0. The summed E-state index contributed by atoms with van der Waals surface area (Å²) in [6.45, 7) is 7.39. The Hall–Kier alpha value is -3.40. The number of sulfonamides is 1. The van der Waals surface area contributed by atoms with Crippen LogP contribution in [0.3, 0.4) is 0 Å². The van der Waals surface area contributed by atoms with Gasteiger partial charge in [-0.3, -0.25) is 14.9 Å². The van der Waals surface area contributed by atoms with Gasteiger partial charge in [0.15, 0.2) is 10.9 Å². The van der Waals surface area contributed by atoms with E-state index in [1.165, 1.54) is 15.6 Å². The van der Waals surface area contributed by atoms with E-state index in [0.717, 1.165) is 0 Å². The molecule has 1 heterocycles. The Morgan fingerprint density at radius 3 is 2.03 bits per heavy atom. The Kier molecular flexibility index (Phi) is 7.35. The van der Waals surface area contributed by atoms with Crippen LogP contribution in [0.15, 0.2) is 77.7 Å². The van der Waals surface area contributed by atoms with Crippen LogP contribution >= 0.6 is 11.3 Å². The molecule has 4 rings (SSSR count). The molecular weight excluding hydrogens is 494 g/mol. The number of amides is 1. The summed E-state index contributed by atoms with van der Waals surface area (Å²) in [6, 6.07) is 19.8. The second-order valence-electron chi connectivity index (χ2n) is 8.90. The van der Waals surface area contributed by atoms with Gasteiger partial charge in [0.2, 0.25) is 10.0 Å². The Morgan fingerprint density at radius 1 is 0.833 bits per heavy atom. The molecule has 4 aromatic rings. The van der Waals surface area contributed by atoms with Gasteiger partial charge < -0.3 is 0 Å². The van der Waals surface area contributed by atoms with E-state index in [4.69, 9.17) is 0 Å². The maximum atomic E-state index is 13.2. The summed E-state index contributed by atoms with van der Waals surface area (Å²) in [5, 5.41) is 3.13. The van der Waals surface area contributed by atoms with E-state index in [0.29, 0.717) is 32.0 Å². The molecule has 1 amide bonds. The van der Waals surface area contributed by atoms with Crippen LogP contribution < -0.4 is 5.32 Å². The summed E-state index contributed by atoms with van der Waals surface area (Å²) in [5.74, 6) is -0.487. The first-order valence-electron chi connectivity index (χ1n) is 11.5. The molecule has 0 radical (unpaired) electrons. The monoisotopic (exact) mass is 521 g/mol. The molecule has 0 aliphatic rings. The maximum Gasteiger partial charge on any atom is 0.257 e. The van der Waals surface area contributed by atoms with Gasteiger partial charge in [0.1, 0.15) is 0 Å². The van der Waals surface area contributed by atoms with Crippen LogP contribution in [0.5, 0.6) is 0 Å². The smallest absolute Gasteiger partial charge is 0.257 e. The minimum atomic E-state index is -3.68. The lowest BCUT2D eigenvalue weighted by molar-refractivity contribution is 0.102. The number of aromatic nitrogens is 1. The molecule has 3 aromatic carbocycles. The summed E-state index contributed by atoms with van der Waals surface area (Å²) >= 11 is 1.20. The Bertz CT molecular complexity index is 1500. The number of carbonyl (C=O) groups excluding carboxylic acids is 2. The van der Waals surface area contributed by atoms with Gasteiger partial charge in [-0.1, -0.05) is 53.8 Å². The third-order valence-corrected chi connectivity index (χ3v) is 8.80. The number of nitrogens with one attached hydrogen (secondary N) is 1. The first kappa shape index (κ1) is 25.7. The van der Waals surface area contributed by atoms with Crippen molar-refractivity contribution >= 4 is 48.4 Å². The van der Waals surface area contributed by atoms with Gasteiger partial charge in [0.05, 0.1) is 15.1 Å². The van der Waals surface area contributed by atoms with E-state index in [9.17, 15) is 18.0 Å². The van der Waals surface area contributed by atoms with E-state index >= 15 is 0 Å². The zero-order chi connectivity index (χ0) is 26.0. The predicted octanol–water partition coefficient (Wildman–Crippen LogP) is 5.59. The second-order valence-corrected chi connectivity index (χ2v) is 11.8. The first-order valence-corrected chi connectivity index (χ1v) is 13.8. The Labute approximate surface area is 214 Å². The number of ketones is 1. The van der Waals surface area contributed by atoms with Crippen molar-refractivity contribution < 1.29 is 18.0 Å². The van der Waals surface area contributed by atoms with Crippen molar-refractivity contribution in [2.45, 2.75) is 44.7 Å². The highest BCUT2D eigenvalue weighted by Crippen LogP contribution is 2.30. The standard InChI is InChI=1S/C27H27N3O4S2/c1-17(2)30(18(3)4)36(33,34)22-14-15-23-24(16-22)35-27(28-23)29-26(32)21-12-10-20(11-13-21)25(31)19-8-6-5-7-9-19/h5-18H,1-4H3,(H,28,29,32). The summed E-state index contributed by atoms with van der Waals surface area (Å²) in [5.41, 5.74) is 2.05. The van der Waals surface area contributed by atoms with Crippen LogP contribution in [0.1, 0.15) is 54.0 Å². The Balaban J connectivity index is 1.52. The van der Waals surface area contributed by atoms with E-state index in [1.54, 1.807) is 66.7 Å². The molecule has 9 heteroatoms. The van der Waals surface area contributed by atoms with Crippen LogP contribution in [0, 0.1) is 0 Å². The Morgan fingerprint density at radius 2 is 1.42 bits per heavy atom. The van der Waals surface area contributed by atoms with Gasteiger partial charge in [-0.2, -0.15) is 4.31 Å². The van der Waals surface area contributed by atoms with Gasteiger partial charge in [0, 0.05) is 28.8 Å². The van der Waals surface area contributed by atoms with Crippen molar-refractivity contribution in [1.82, 2.24) is 9.29 Å². The van der Waals surface area contributed by atoms with E-state index in [1.807, 2.05) is 33.8 Å². The van der Waals surface area contributed by atoms with Crippen LogP contribution in [-0.4, -0.2) is 41.5 Å². The molecule has 0 spiro atoms. The largest absolute Gasteiger partial charge is 0.298 e. The summed E-state index contributed by atoms with van der Waals surface area (Å²) in [4.78, 5) is 30.0. The molecule has 0 aliphatic carbocycles. The minimum Gasteiger partial charge on any atom is -0.298 e. The number of carbonyl (C=O) groups is 2. The minimum absolute atomic E-state index is 0.118. The van der Waals surface area contributed by atoms with Gasteiger partial charge in [-0.25, -0.2) is 13.4 Å². The summed E-state index contributed by atoms with van der Waals surface area (Å²) in [7, 11) is -3.68. The fourth-order valence-corrected chi connectivity index (χ4v) is 6.93. The van der Waals surface area contributed by atoms with E-state index in [-0.39, 0.29) is 28.7 Å². The molecule has 1 aromatic heterocycles. The molecule has 186 valence electrons. The molecule has 0 unspecified atom stereocenters. The second kappa shape index (κ2) is 10.3. The van der Waals surface area contributed by atoms with Crippen molar-refractivity contribution in [2.75, 3.05) is 5.32 Å². The normalized spacial score (nSPS) is 12.0. The lowest BCUT2D eigenvalue weighted by Crippen LogP contribution is -2.41. The third kappa shape index (κ3) is 5.23. The van der Waals surface area contributed by atoms with Crippen molar-refractivity contribution in [3.05, 3.63) is 89.5 Å². The van der Waals surface area contributed by atoms with E-state index in [2.05, 4.69) is 10.3 Å². The number of rotatable bonds is 8. The zero-order valence-corrected chi connectivity index (χ0v) is 22.1. The number of nitrogens with zero attached hydrogens (tertiary/aromatic N) is 2. The summed E-state index contributed by atoms with van der Waals surface area (Å²) < 4.78 is 28.6. The molecule has 0 saturated carbocycles. The quantitative estimate of drug-likeness (QED) is 0.305. The number of hydrogen-bond donors (Lipinski definition) is 1. The highest BCUT2D eigenvalue weighted by Gasteiger charge is 2.29. The zero-order valence-electron chi connectivity index (χ0n) is 20.4. The average molecular weight is 522 g/mol. The third-order valence-electron chi connectivity index (χ3n) is 5.62. The fourth-order valence-electron chi connectivity index (χ4n) is 4.09. The SMILES string of the molecule is CC(C)N(C(C)C)S(=O)(=O)c1ccc2nc(NC(=O)c3ccc(C(=O)c4ccccc4)cc3)sc2c1. The highest BCUT2D eigenvalue weighted by atomic mass is 32.2. The van der Waals surface area contributed by atoms with Gasteiger partial charge in [-0.15, -0.1) is 0 Å². The number of benzene rings is 3. The maximum absolute atomic E-state index is 13.2. The number of fused-ring (bicyclic) bond motifs is 1. The van der Waals surface area contributed by atoms with Crippen molar-refractivity contribution in [2.24, 2.45) is 0 Å². The molecule has 0 saturated heterocycles. The molecule has 7 nitrogen and oxygen atoms in total. The van der Waals surface area contributed by atoms with Crippen molar-refractivity contribution in [1.29, 1.82) is 0 Å². The van der Waals surface area contributed by atoms with Crippen LogP contribution in [0.4, 0.5) is 5.13 Å².